The Labute approximate surface area is 241 Å². The number of hydrogen-bond donors (Lipinski definition) is 0. The molecule has 2 heterocycles. The highest BCUT2D eigenvalue weighted by Gasteiger charge is 2.36. The van der Waals surface area contributed by atoms with Gasteiger partial charge in [-0.1, -0.05) is 24.8 Å². The number of hydrogen-bond acceptors (Lipinski definition) is 8. The van der Waals surface area contributed by atoms with Crippen LogP contribution in [0, 0.1) is 0 Å². The van der Waals surface area contributed by atoms with E-state index in [2.05, 4.69) is 6.58 Å². The van der Waals surface area contributed by atoms with Crippen LogP contribution in [0.15, 0.2) is 42.5 Å². The van der Waals surface area contributed by atoms with E-state index in [9.17, 15) is 14.4 Å². The van der Waals surface area contributed by atoms with Gasteiger partial charge in [-0.15, -0.1) is 0 Å². The summed E-state index contributed by atoms with van der Waals surface area (Å²) in [6.45, 7) is 7.92. The van der Waals surface area contributed by atoms with Crippen molar-refractivity contribution in [1.29, 1.82) is 0 Å². The molecule has 0 aliphatic carbocycles. The number of Topliss-reactive ketones (excluding diaryl/α,β-unsaturated/α-hetero) is 1. The van der Waals surface area contributed by atoms with Gasteiger partial charge in [-0.05, 0) is 74.4 Å². The first-order valence-corrected chi connectivity index (χ1v) is 14.0. The SMILES string of the molecule is C=C(C)COc1ccc([C@@H]2CC(=O)Oc3cc4c(c(OC)c32)C(=O)O[C@@H](C)CCCC(=O)CCCC=C4)cc1OC. The maximum atomic E-state index is 13.6. The van der Waals surface area contributed by atoms with Crippen LogP contribution in [0.2, 0.25) is 0 Å². The Bertz CT molecular complexity index is 1360. The van der Waals surface area contributed by atoms with Crippen LogP contribution in [0.25, 0.3) is 6.08 Å². The van der Waals surface area contributed by atoms with Gasteiger partial charge < -0.3 is 23.7 Å². The highest BCUT2D eigenvalue weighted by Crippen LogP contribution is 2.48. The molecule has 0 bridgehead atoms. The Hall–Kier alpha value is -4.07. The van der Waals surface area contributed by atoms with E-state index in [-0.39, 0.29) is 23.9 Å². The molecular formula is C33H38O8. The van der Waals surface area contributed by atoms with E-state index in [1.165, 1.54) is 7.11 Å². The standard InChI is InChI=1S/C33H38O8/c1-20(2)19-39-26-15-14-22(16-27(26)37-4)25-18-29(35)41-28-17-23-11-7-6-8-12-24(34)13-9-10-21(3)40-33(36)30(23)32(38-5)31(25)28/h7,11,14-17,21,25H,1,6,8-10,12-13,18-19H2,2-5H3/t21-,25-/m0/s1. The Balaban J connectivity index is 1.82. The van der Waals surface area contributed by atoms with Crippen molar-refractivity contribution in [2.75, 3.05) is 20.8 Å². The quantitative estimate of drug-likeness (QED) is 0.221. The number of ether oxygens (including phenoxy) is 5. The van der Waals surface area contributed by atoms with Crippen molar-refractivity contribution in [2.45, 2.75) is 70.8 Å². The summed E-state index contributed by atoms with van der Waals surface area (Å²) in [7, 11) is 3.05. The molecule has 0 aromatic heterocycles. The molecule has 41 heavy (non-hydrogen) atoms. The third kappa shape index (κ3) is 7.17. The normalized spacial score (nSPS) is 19.7. The fourth-order valence-electron chi connectivity index (χ4n) is 5.22. The molecule has 0 saturated heterocycles. The molecular weight excluding hydrogens is 524 g/mol. The molecule has 0 saturated carbocycles. The fraction of sp³-hybridized carbons (Fsp3) is 0.424. The van der Waals surface area contributed by atoms with Crippen molar-refractivity contribution in [2.24, 2.45) is 0 Å². The van der Waals surface area contributed by atoms with Gasteiger partial charge in [0.2, 0.25) is 0 Å². The number of rotatable bonds is 6. The molecule has 0 radical (unpaired) electrons. The molecule has 8 nitrogen and oxygen atoms in total. The Morgan fingerprint density at radius 2 is 1.83 bits per heavy atom. The van der Waals surface area contributed by atoms with Crippen LogP contribution in [0.5, 0.6) is 23.0 Å². The molecule has 0 amide bonds. The first kappa shape index (κ1) is 29.9. The molecule has 2 aromatic rings. The molecule has 0 fully saturated rings. The third-order valence-electron chi connectivity index (χ3n) is 7.23. The first-order valence-electron chi connectivity index (χ1n) is 14.0. The molecule has 2 aromatic carbocycles. The topological polar surface area (TPSA) is 97.4 Å². The average molecular weight is 563 g/mol. The van der Waals surface area contributed by atoms with E-state index in [4.69, 9.17) is 23.7 Å². The largest absolute Gasteiger partial charge is 0.495 e. The highest BCUT2D eigenvalue weighted by molar-refractivity contribution is 5.99. The van der Waals surface area contributed by atoms with Crippen LogP contribution in [-0.4, -0.2) is 44.7 Å². The van der Waals surface area contributed by atoms with Crippen molar-refractivity contribution >= 4 is 23.8 Å². The number of esters is 2. The number of carbonyl (C=O) groups is 3. The molecule has 2 aliphatic rings. The summed E-state index contributed by atoms with van der Waals surface area (Å²) >= 11 is 0. The number of cyclic esters (lactones) is 1. The minimum absolute atomic E-state index is 0.0482. The molecule has 0 spiro atoms. The van der Waals surface area contributed by atoms with Gasteiger partial charge in [0.15, 0.2) is 11.5 Å². The van der Waals surface area contributed by atoms with Crippen LogP contribution in [0.4, 0.5) is 0 Å². The number of methoxy groups -OCH3 is 2. The first-order chi connectivity index (χ1) is 19.7. The van der Waals surface area contributed by atoms with E-state index >= 15 is 0 Å². The Morgan fingerprint density at radius 3 is 2.56 bits per heavy atom. The lowest BCUT2D eigenvalue weighted by Gasteiger charge is -2.29. The zero-order valence-corrected chi connectivity index (χ0v) is 24.2. The molecule has 218 valence electrons. The second-order valence-corrected chi connectivity index (χ2v) is 10.6. The summed E-state index contributed by atoms with van der Waals surface area (Å²) in [6.07, 6.45) is 6.98. The van der Waals surface area contributed by atoms with Crippen molar-refractivity contribution in [3.05, 3.63) is 64.7 Å². The van der Waals surface area contributed by atoms with E-state index in [1.54, 1.807) is 25.3 Å². The Morgan fingerprint density at radius 1 is 1.05 bits per heavy atom. The predicted molar refractivity (Wildman–Crippen MR) is 155 cm³/mol. The van der Waals surface area contributed by atoms with Gasteiger partial charge in [0.05, 0.1) is 26.7 Å². The molecule has 2 aliphatic heterocycles. The van der Waals surface area contributed by atoms with E-state index in [0.29, 0.717) is 72.8 Å². The van der Waals surface area contributed by atoms with Gasteiger partial charge in [0.25, 0.3) is 0 Å². The number of allylic oxidation sites excluding steroid dienone is 1. The van der Waals surface area contributed by atoms with Gasteiger partial charge >= 0.3 is 11.9 Å². The van der Waals surface area contributed by atoms with Crippen LogP contribution >= 0.6 is 0 Å². The maximum absolute atomic E-state index is 13.6. The monoisotopic (exact) mass is 562 g/mol. The highest BCUT2D eigenvalue weighted by atomic mass is 16.5. The van der Waals surface area contributed by atoms with E-state index in [0.717, 1.165) is 17.6 Å². The lowest BCUT2D eigenvalue weighted by molar-refractivity contribution is -0.135. The predicted octanol–water partition coefficient (Wildman–Crippen LogP) is 6.58. The lowest BCUT2D eigenvalue weighted by atomic mass is 9.83. The van der Waals surface area contributed by atoms with Gasteiger partial charge in [0.1, 0.15) is 29.5 Å². The number of ketones is 1. The molecule has 4 rings (SSSR count). The Kier molecular flexibility index (Phi) is 9.86. The summed E-state index contributed by atoms with van der Waals surface area (Å²) in [5.74, 6) is 0.516. The van der Waals surface area contributed by atoms with Crippen LogP contribution in [0.1, 0.15) is 91.8 Å². The zero-order valence-electron chi connectivity index (χ0n) is 24.2. The second kappa shape index (κ2) is 13.5. The van der Waals surface area contributed by atoms with Gasteiger partial charge in [0, 0.05) is 24.3 Å². The smallest absolute Gasteiger partial charge is 0.342 e. The third-order valence-corrected chi connectivity index (χ3v) is 7.23. The van der Waals surface area contributed by atoms with Crippen molar-refractivity contribution < 1.29 is 38.1 Å². The minimum Gasteiger partial charge on any atom is -0.495 e. The van der Waals surface area contributed by atoms with Crippen molar-refractivity contribution in [3.8, 4) is 23.0 Å². The van der Waals surface area contributed by atoms with E-state index in [1.807, 2.05) is 32.1 Å². The number of fused-ring (bicyclic) bond motifs is 2. The summed E-state index contributed by atoms with van der Waals surface area (Å²) in [6, 6.07) is 7.19. The van der Waals surface area contributed by atoms with Crippen molar-refractivity contribution in [1.82, 2.24) is 0 Å². The molecule has 2 atom stereocenters. The second-order valence-electron chi connectivity index (χ2n) is 10.6. The van der Waals surface area contributed by atoms with Crippen LogP contribution in [-0.2, 0) is 14.3 Å². The number of benzene rings is 2. The average Bonchev–Trinajstić information content (AvgIpc) is 2.93. The summed E-state index contributed by atoms with van der Waals surface area (Å²) in [5.41, 5.74) is 3.04. The van der Waals surface area contributed by atoms with Gasteiger partial charge in [-0.3, -0.25) is 9.59 Å². The van der Waals surface area contributed by atoms with Crippen molar-refractivity contribution in [3.63, 3.8) is 0 Å². The van der Waals surface area contributed by atoms with Crippen LogP contribution in [0.3, 0.4) is 0 Å². The summed E-state index contributed by atoms with van der Waals surface area (Å²) in [4.78, 5) is 38.6. The summed E-state index contributed by atoms with van der Waals surface area (Å²) in [5, 5.41) is 0. The lowest BCUT2D eigenvalue weighted by Crippen LogP contribution is -2.24. The fourth-order valence-corrected chi connectivity index (χ4v) is 5.22. The molecule has 0 unspecified atom stereocenters. The maximum Gasteiger partial charge on any atom is 0.342 e. The van der Waals surface area contributed by atoms with Gasteiger partial charge in [-0.25, -0.2) is 4.79 Å². The molecule has 8 heteroatoms. The zero-order chi connectivity index (χ0) is 29.5. The number of carbonyl (C=O) groups excluding carboxylic acids is 3. The van der Waals surface area contributed by atoms with Gasteiger partial charge in [-0.2, -0.15) is 0 Å². The van der Waals surface area contributed by atoms with E-state index < -0.39 is 17.9 Å². The minimum atomic E-state index is -0.531. The van der Waals surface area contributed by atoms with Crippen LogP contribution < -0.4 is 18.9 Å². The summed E-state index contributed by atoms with van der Waals surface area (Å²) < 4.78 is 28.9. The molecule has 0 N–H and O–H groups in total.